The Morgan fingerprint density at radius 2 is 1.85 bits per heavy atom. The fraction of sp³-hybridized carbons (Fsp3) is 0.192. The number of nitrogens with zero attached hydrogens (tertiary/aromatic N) is 3. The van der Waals surface area contributed by atoms with E-state index in [1.54, 1.807) is 10.7 Å². The number of nitriles is 1. The monoisotopic (exact) mass is 439 g/mol. The first-order valence-corrected chi connectivity index (χ1v) is 10.9. The Hall–Kier alpha value is -4.31. The van der Waals surface area contributed by atoms with Crippen LogP contribution in [0.15, 0.2) is 67.0 Å². The third-order valence-corrected chi connectivity index (χ3v) is 5.34. The molecule has 0 atom stereocenters. The van der Waals surface area contributed by atoms with Crippen molar-refractivity contribution >= 4 is 22.8 Å². The zero-order valence-electron chi connectivity index (χ0n) is 18.6. The molecule has 2 N–H and O–H groups in total. The average Bonchev–Trinajstić information content (AvgIpc) is 3.18. The second-order valence-electron chi connectivity index (χ2n) is 7.68. The number of carbonyl (C=O) groups is 1. The molecule has 0 unspecified atom stereocenters. The van der Waals surface area contributed by atoms with Crippen LogP contribution >= 0.6 is 0 Å². The summed E-state index contributed by atoms with van der Waals surface area (Å²) in [5, 5.41) is 20.3. The normalized spacial score (nSPS) is 10.6. The lowest BCUT2D eigenvalue weighted by Crippen LogP contribution is -2.24. The Kier molecular flexibility index (Phi) is 6.56. The number of rotatable bonds is 8. The molecular formula is C26H25N5O2. The number of ether oxygens (including phenoxy) is 1. The molecular weight excluding hydrogens is 414 g/mol. The van der Waals surface area contributed by atoms with E-state index < -0.39 is 0 Å². The molecule has 0 saturated carbocycles. The molecule has 0 bridgehead atoms. The molecule has 1 amide bonds. The van der Waals surface area contributed by atoms with Crippen LogP contribution in [0.4, 0.5) is 11.4 Å². The lowest BCUT2D eigenvalue weighted by atomic mass is 10.1. The Labute approximate surface area is 192 Å². The van der Waals surface area contributed by atoms with Gasteiger partial charge in [0.1, 0.15) is 17.6 Å². The smallest absolute Gasteiger partial charge is 0.253 e. The number of hydrogen-bond acceptors (Lipinski definition) is 5. The summed E-state index contributed by atoms with van der Waals surface area (Å²) >= 11 is 0. The van der Waals surface area contributed by atoms with Gasteiger partial charge in [0, 0.05) is 18.4 Å². The van der Waals surface area contributed by atoms with Gasteiger partial charge in [-0.05, 0) is 55.3 Å². The summed E-state index contributed by atoms with van der Waals surface area (Å²) in [6.45, 7) is 4.57. The maximum absolute atomic E-state index is 12.7. The van der Waals surface area contributed by atoms with Crippen LogP contribution in [0.2, 0.25) is 0 Å². The molecule has 2 aromatic heterocycles. The summed E-state index contributed by atoms with van der Waals surface area (Å²) in [6.07, 6.45) is 5.13. The molecule has 166 valence electrons. The van der Waals surface area contributed by atoms with Crippen LogP contribution in [0, 0.1) is 18.3 Å². The summed E-state index contributed by atoms with van der Waals surface area (Å²) in [6, 6.07) is 19.2. The van der Waals surface area contributed by atoms with E-state index in [1.165, 1.54) is 6.20 Å². The van der Waals surface area contributed by atoms with Crippen LogP contribution in [0.1, 0.15) is 41.3 Å². The first-order chi connectivity index (χ1) is 16.1. The Morgan fingerprint density at radius 3 is 2.55 bits per heavy atom. The van der Waals surface area contributed by atoms with Crippen LogP contribution in [-0.4, -0.2) is 22.1 Å². The van der Waals surface area contributed by atoms with Crippen LogP contribution in [-0.2, 0) is 0 Å². The number of nitrogens with one attached hydrogen (secondary N) is 2. The number of amides is 1. The topological polar surface area (TPSA) is 91.5 Å². The standard InChI is InChI=1S/C26H25N5O2/c1-3-4-14-28-26(32)23-17-31-25(18(23)2)24(19(15-27)16-29-31)30-20-10-12-22(13-11-20)33-21-8-6-5-7-9-21/h5-13,16-17,30H,3-4,14H2,1-2H3,(H,28,32). The van der Waals surface area contributed by atoms with Gasteiger partial charge in [0.15, 0.2) is 0 Å². The molecule has 4 aromatic rings. The van der Waals surface area contributed by atoms with Crippen molar-refractivity contribution in [1.29, 1.82) is 5.26 Å². The van der Waals surface area contributed by atoms with Crippen LogP contribution < -0.4 is 15.4 Å². The first-order valence-electron chi connectivity index (χ1n) is 10.9. The van der Waals surface area contributed by atoms with Gasteiger partial charge in [-0.25, -0.2) is 4.52 Å². The quantitative estimate of drug-likeness (QED) is 0.350. The molecule has 0 aliphatic carbocycles. The van der Waals surface area contributed by atoms with E-state index in [9.17, 15) is 10.1 Å². The predicted molar refractivity (Wildman–Crippen MR) is 128 cm³/mol. The fourth-order valence-corrected chi connectivity index (χ4v) is 3.58. The summed E-state index contributed by atoms with van der Waals surface area (Å²) in [5.41, 5.74) is 3.79. The highest BCUT2D eigenvalue weighted by molar-refractivity contribution is 6.00. The largest absolute Gasteiger partial charge is 0.457 e. The molecule has 33 heavy (non-hydrogen) atoms. The third kappa shape index (κ3) is 4.80. The van der Waals surface area contributed by atoms with Gasteiger partial charge in [-0.15, -0.1) is 0 Å². The highest BCUT2D eigenvalue weighted by atomic mass is 16.5. The van der Waals surface area contributed by atoms with E-state index in [2.05, 4.69) is 28.7 Å². The maximum Gasteiger partial charge on any atom is 0.253 e. The van der Waals surface area contributed by atoms with Crippen LogP contribution in [0.3, 0.4) is 0 Å². The Bertz CT molecular complexity index is 1300. The van der Waals surface area contributed by atoms with Crippen molar-refractivity contribution in [1.82, 2.24) is 14.9 Å². The average molecular weight is 440 g/mol. The van der Waals surface area contributed by atoms with E-state index in [0.717, 1.165) is 29.8 Å². The highest BCUT2D eigenvalue weighted by Crippen LogP contribution is 2.31. The van der Waals surface area contributed by atoms with Gasteiger partial charge in [0.2, 0.25) is 0 Å². The minimum absolute atomic E-state index is 0.140. The number of aromatic nitrogens is 2. The SMILES string of the molecule is CCCCNC(=O)c1cn2ncc(C#N)c(Nc3ccc(Oc4ccccc4)cc3)c2c1C. The molecule has 2 heterocycles. The molecule has 0 aliphatic rings. The molecule has 0 saturated heterocycles. The van der Waals surface area contributed by atoms with Crippen molar-refractivity contribution in [2.75, 3.05) is 11.9 Å². The van der Waals surface area contributed by atoms with E-state index in [-0.39, 0.29) is 5.91 Å². The number of benzene rings is 2. The van der Waals surface area contributed by atoms with Gasteiger partial charge >= 0.3 is 0 Å². The first kappa shape index (κ1) is 21.9. The van der Waals surface area contributed by atoms with Gasteiger partial charge in [0.25, 0.3) is 5.91 Å². The lowest BCUT2D eigenvalue weighted by Gasteiger charge is -2.12. The number of carbonyl (C=O) groups excluding carboxylic acids is 1. The minimum Gasteiger partial charge on any atom is -0.457 e. The highest BCUT2D eigenvalue weighted by Gasteiger charge is 2.19. The lowest BCUT2D eigenvalue weighted by molar-refractivity contribution is 0.0952. The van der Waals surface area contributed by atoms with Gasteiger partial charge in [-0.1, -0.05) is 31.5 Å². The molecule has 4 rings (SSSR count). The Balaban J connectivity index is 1.62. The van der Waals surface area contributed by atoms with Gasteiger partial charge in [-0.2, -0.15) is 10.4 Å². The maximum atomic E-state index is 12.7. The summed E-state index contributed by atoms with van der Waals surface area (Å²) in [4.78, 5) is 12.7. The van der Waals surface area contributed by atoms with Crippen LogP contribution in [0.5, 0.6) is 11.5 Å². The molecule has 7 heteroatoms. The van der Waals surface area contributed by atoms with Crippen molar-refractivity contribution in [2.24, 2.45) is 0 Å². The van der Waals surface area contributed by atoms with Crippen molar-refractivity contribution in [2.45, 2.75) is 26.7 Å². The van der Waals surface area contributed by atoms with Gasteiger partial charge in [-0.3, -0.25) is 4.79 Å². The van der Waals surface area contributed by atoms with E-state index in [4.69, 9.17) is 4.74 Å². The fourth-order valence-electron chi connectivity index (χ4n) is 3.58. The number of unbranched alkanes of at least 4 members (excludes halogenated alkanes) is 1. The summed E-state index contributed by atoms with van der Waals surface area (Å²) < 4.78 is 7.49. The van der Waals surface area contributed by atoms with Crippen molar-refractivity contribution in [3.8, 4) is 17.6 Å². The number of para-hydroxylation sites is 1. The van der Waals surface area contributed by atoms with Crippen LogP contribution in [0.25, 0.3) is 5.52 Å². The number of fused-ring (bicyclic) bond motifs is 1. The minimum atomic E-state index is -0.140. The number of hydrogen-bond donors (Lipinski definition) is 2. The zero-order chi connectivity index (χ0) is 23.2. The molecule has 2 aromatic carbocycles. The predicted octanol–water partition coefficient (Wildman–Crippen LogP) is 5.58. The molecule has 0 aliphatic heterocycles. The second kappa shape index (κ2) is 9.88. The van der Waals surface area contributed by atoms with Gasteiger partial charge in [0.05, 0.1) is 28.5 Å². The molecule has 0 radical (unpaired) electrons. The van der Waals surface area contributed by atoms with E-state index >= 15 is 0 Å². The number of anilines is 2. The van der Waals surface area contributed by atoms with Crippen molar-refractivity contribution < 1.29 is 9.53 Å². The second-order valence-corrected chi connectivity index (χ2v) is 7.68. The molecule has 0 spiro atoms. The molecule has 0 fully saturated rings. The number of aryl methyl sites for hydroxylation is 1. The molecule has 7 nitrogen and oxygen atoms in total. The third-order valence-electron chi connectivity index (χ3n) is 5.34. The van der Waals surface area contributed by atoms with Crippen molar-refractivity contribution in [3.63, 3.8) is 0 Å². The van der Waals surface area contributed by atoms with Crippen molar-refractivity contribution in [3.05, 3.63) is 83.7 Å². The van der Waals surface area contributed by atoms with E-state index in [0.29, 0.717) is 34.6 Å². The summed E-state index contributed by atoms with van der Waals surface area (Å²) in [5.74, 6) is 1.32. The zero-order valence-corrected chi connectivity index (χ0v) is 18.6. The Morgan fingerprint density at radius 1 is 1.12 bits per heavy atom. The van der Waals surface area contributed by atoms with Gasteiger partial charge < -0.3 is 15.4 Å². The summed E-state index contributed by atoms with van der Waals surface area (Å²) in [7, 11) is 0. The van der Waals surface area contributed by atoms with E-state index in [1.807, 2.05) is 61.5 Å².